The van der Waals surface area contributed by atoms with Gasteiger partial charge in [0, 0.05) is 18.3 Å². The van der Waals surface area contributed by atoms with Gasteiger partial charge < -0.3 is 10.4 Å². The van der Waals surface area contributed by atoms with Gasteiger partial charge in [-0.15, -0.1) is 0 Å². The first-order chi connectivity index (χ1) is 14.2. The van der Waals surface area contributed by atoms with E-state index in [1.54, 1.807) is 38.3 Å². The fourth-order valence-corrected chi connectivity index (χ4v) is 3.84. The van der Waals surface area contributed by atoms with Crippen LogP contribution < -0.4 is 5.32 Å². The van der Waals surface area contributed by atoms with Gasteiger partial charge in [0.05, 0.1) is 5.54 Å². The summed E-state index contributed by atoms with van der Waals surface area (Å²) in [5, 5.41) is 16.9. The zero-order chi connectivity index (χ0) is 21.9. The zero-order valence-electron chi connectivity index (χ0n) is 17.6. The molecule has 0 atom stereocenters. The monoisotopic (exact) mass is 413 g/mol. The van der Waals surface area contributed by atoms with Gasteiger partial charge in [0.15, 0.2) is 11.6 Å². The summed E-state index contributed by atoms with van der Waals surface area (Å²) >= 11 is 0. The van der Waals surface area contributed by atoms with E-state index in [9.17, 15) is 19.1 Å². The van der Waals surface area contributed by atoms with Crippen molar-refractivity contribution in [2.24, 2.45) is 11.8 Å². The topological polar surface area (TPSA) is 84.2 Å². The minimum atomic E-state index is -1.13. The lowest BCUT2D eigenvalue weighted by atomic mass is 9.76. The molecule has 160 valence electrons. The Balaban J connectivity index is 1.78. The average molecular weight is 413 g/mol. The van der Waals surface area contributed by atoms with E-state index in [-0.39, 0.29) is 28.9 Å². The number of nitrogens with zero attached hydrogens (tertiary/aromatic N) is 2. The molecule has 0 bridgehead atoms. The Morgan fingerprint density at radius 1 is 1.20 bits per heavy atom. The Morgan fingerprint density at radius 2 is 1.83 bits per heavy atom. The summed E-state index contributed by atoms with van der Waals surface area (Å²) in [7, 11) is 0. The second-order valence-corrected chi connectivity index (χ2v) is 8.61. The number of aromatic carboxylic acids is 1. The predicted molar refractivity (Wildman–Crippen MR) is 115 cm³/mol. The first-order valence-corrected chi connectivity index (χ1v) is 10.2. The molecule has 30 heavy (non-hydrogen) atoms. The molecule has 1 aromatic carbocycles. The van der Waals surface area contributed by atoms with Crippen LogP contribution in [-0.2, 0) is 4.79 Å². The minimum Gasteiger partial charge on any atom is -0.477 e. The fraction of sp³-hybridized carbons (Fsp3) is 0.435. The van der Waals surface area contributed by atoms with E-state index < -0.39 is 11.5 Å². The third-order valence-electron chi connectivity index (χ3n) is 5.69. The van der Waals surface area contributed by atoms with Gasteiger partial charge in [-0.25, -0.2) is 13.9 Å². The molecule has 0 aliphatic heterocycles. The molecule has 7 heteroatoms. The van der Waals surface area contributed by atoms with Crippen molar-refractivity contribution in [2.45, 2.75) is 52.0 Å². The smallest absolute Gasteiger partial charge is 0.341 e. The van der Waals surface area contributed by atoms with E-state index in [4.69, 9.17) is 0 Å². The molecule has 1 aliphatic carbocycles. The number of hydrogen-bond donors (Lipinski definition) is 2. The van der Waals surface area contributed by atoms with Crippen molar-refractivity contribution in [3.8, 4) is 0 Å². The predicted octanol–water partition coefficient (Wildman–Crippen LogP) is 4.93. The molecule has 1 saturated carbocycles. The van der Waals surface area contributed by atoms with Crippen molar-refractivity contribution in [3.63, 3.8) is 0 Å². The summed E-state index contributed by atoms with van der Waals surface area (Å²) in [5.41, 5.74) is -0.202. The normalized spacial score (nSPS) is 19.7. The van der Waals surface area contributed by atoms with E-state index in [2.05, 4.69) is 17.3 Å². The van der Waals surface area contributed by atoms with E-state index in [0.29, 0.717) is 5.92 Å². The van der Waals surface area contributed by atoms with Gasteiger partial charge in [0.25, 0.3) is 0 Å². The second-order valence-electron chi connectivity index (χ2n) is 8.61. The third kappa shape index (κ3) is 5.14. The number of carboxylic acid groups (broad SMARTS) is 1. The number of hydrogen-bond acceptors (Lipinski definition) is 4. The molecule has 0 unspecified atom stereocenters. The molecular formula is C23H28FN3O3. The molecule has 2 N–H and O–H groups in total. The molecule has 1 fully saturated rings. The van der Waals surface area contributed by atoms with Crippen LogP contribution in [0.15, 0.2) is 30.5 Å². The number of halogens is 1. The third-order valence-corrected chi connectivity index (χ3v) is 5.69. The highest BCUT2D eigenvalue weighted by Crippen LogP contribution is 2.32. The summed E-state index contributed by atoms with van der Waals surface area (Å²) in [4.78, 5) is 24.8. The van der Waals surface area contributed by atoms with Crippen LogP contribution in [0, 0.1) is 17.7 Å². The highest BCUT2D eigenvalue weighted by atomic mass is 19.1. The highest BCUT2D eigenvalue weighted by molar-refractivity contribution is 5.96. The summed E-state index contributed by atoms with van der Waals surface area (Å²) in [6.45, 7) is 5.74. The molecule has 3 rings (SSSR count). The highest BCUT2D eigenvalue weighted by Gasteiger charge is 2.36. The number of carbonyl (C=O) groups is 2. The van der Waals surface area contributed by atoms with Crippen molar-refractivity contribution in [3.05, 3.63) is 47.4 Å². The van der Waals surface area contributed by atoms with Crippen LogP contribution in [0.1, 0.15) is 62.4 Å². The molecule has 6 nitrogen and oxygen atoms in total. The quantitative estimate of drug-likeness (QED) is 0.672. The van der Waals surface area contributed by atoms with Gasteiger partial charge in [0.1, 0.15) is 11.4 Å². The molecule has 0 saturated heterocycles. The first-order valence-electron chi connectivity index (χ1n) is 10.2. The Hall–Kier alpha value is -2.96. The van der Waals surface area contributed by atoms with Crippen molar-refractivity contribution < 1.29 is 19.1 Å². The van der Waals surface area contributed by atoms with Crippen LogP contribution in [0.5, 0.6) is 0 Å². The Morgan fingerprint density at radius 3 is 2.43 bits per heavy atom. The van der Waals surface area contributed by atoms with Gasteiger partial charge in [-0.1, -0.05) is 31.9 Å². The van der Waals surface area contributed by atoms with Gasteiger partial charge in [-0.3, -0.25) is 4.79 Å². The number of anilines is 1. The molecule has 0 radical (unpaired) electrons. The van der Waals surface area contributed by atoms with Crippen molar-refractivity contribution in [1.82, 2.24) is 9.78 Å². The summed E-state index contributed by atoms with van der Waals surface area (Å²) in [6.07, 6.45) is 8.47. The maximum Gasteiger partial charge on any atom is 0.341 e. The average Bonchev–Trinajstić information content (AvgIpc) is 3.10. The molecule has 1 heterocycles. The van der Waals surface area contributed by atoms with Crippen LogP contribution >= 0.6 is 0 Å². The summed E-state index contributed by atoms with van der Waals surface area (Å²) in [5.74, 6) is -0.598. The van der Waals surface area contributed by atoms with E-state index in [1.165, 1.54) is 23.0 Å². The van der Waals surface area contributed by atoms with E-state index in [1.807, 2.05) is 0 Å². The number of Topliss-reactive ketones (excluding diaryl/α,β-unsaturated/α-hetero) is 1. The SMILES string of the molecule is CC1CCC(C(=O)C(C)(C)Nc2nn(/C=C/c3ccc(F)cc3)cc2C(=O)O)CC1. The number of nitrogens with one attached hydrogen (secondary N) is 1. The lowest BCUT2D eigenvalue weighted by Crippen LogP contribution is -2.45. The maximum atomic E-state index is 13.1. The standard InChI is InChI=1S/C23H28FN3O3/c1-15-4-8-17(9-5-15)20(28)23(2,3)25-21-19(22(29)30)14-27(26-21)13-12-16-6-10-18(24)11-7-16/h6-7,10-15,17H,4-5,8-9H2,1-3H3,(H,25,26)(H,29,30)/b13-12+. The molecule has 0 spiro atoms. The molecule has 1 aliphatic rings. The molecule has 0 amide bonds. The van der Waals surface area contributed by atoms with Gasteiger partial charge in [-0.2, -0.15) is 5.10 Å². The molecule has 2 aromatic rings. The number of ketones is 1. The molecular weight excluding hydrogens is 385 g/mol. The number of carboxylic acids is 1. The summed E-state index contributed by atoms with van der Waals surface area (Å²) < 4.78 is 14.4. The van der Waals surface area contributed by atoms with Gasteiger partial charge in [0.2, 0.25) is 0 Å². The van der Waals surface area contributed by atoms with Crippen molar-refractivity contribution >= 4 is 29.8 Å². The number of carbonyl (C=O) groups excluding carboxylic acids is 1. The van der Waals surface area contributed by atoms with E-state index in [0.717, 1.165) is 31.2 Å². The van der Waals surface area contributed by atoms with Crippen LogP contribution in [0.4, 0.5) is 10.2 Å². The Bertz CT molecular complexity index is 939. The number of rotatable bonds is 7. The molecule has 1 aromatic heterocycles. The van der Waals surface area contributed by atoms with Gasteiger partial charge >= 0.3 is 5.97 Å². The Labute approximate surface area is 175 Å². The van der Waals surface area contributed by atoms with Crippen molar-refractivity contribution in [1.29, 1.82) is 0 Å². The number of benzene rings is 1. The van der Waals surface area contributed by atoms with Crippen LogP contribution in [-0.4, -0.2) is 32.2 Å². The number of aromatic nitrogens is 2. The Kier molecular flexibility index (Phi) is 6.39. The zero-order valence-corrected chi connectivity index (χ0v) is 17.6. The van der Waals surface area contributed by atoms with Crippen LogP contribution in [0.2, 0.25) is 0 Å². The van der Waals surface area contributed by atoms with Crippen LogP contribution in [0.25, 0.3) is 12.3 Å². The van der Waals surface area contributed by atoms with Crippen LogP contribution in [0.3, 0.4) is 0 Å². The summed E-state index contributed by atoms with van der Waals surface area (Å²) in [6, 6.07) is 5.91. The van der Waals surface area contributed by atoms with E-state index >= 15 is 0 Å². The second kappa shape index (κ2) is 8.81. The first kappa shape index (κ1) is 21.7. The van der Waals surface area contributed by atoms with Crippen molar-refractivity contribution in [2.75, 3.05) is 5.32 Å². The fourth-order valence-electron chi connectivity index (χ4n) is 3.84. The lowest BCUT2D eigenvalue weighted by Gasteiger charge is -2.33. The lowest BCUT2D eigenvalue weighted by molar-refractivity contribution is -0.127. The van der Waals surface area contributed by atoms with Gasteiger partial charge in [-0.05, 0) is 56.4 Å². The minimum absolute atomic E-state index is 0.0163. The maximum absolute atomic E-state index is 13.1. The largest absolute Gasteiger partial charge is 0.477 e.